The smallest absolute Gasteiger partial charge is 0.216 e. The Hall–Kier alpha value is -1.16. The van der Waals surface area contributed by atoms with E-state index in [4.69, 9.17) is 4.74 Å². The Morgan fingerprint density at radius 1 is 1.57 bits per heavy atom. The molecule has 1 heterocycles. The molecule has 4 heteroatoms. The van der Waals surface area contributed by atoms with Crippen molar-refractivity contribution in [3.8, 4) is 5.88 Å². The minimum atomic E-state index is -0.401. The molecule has 0 aliphatic heterocycles. The number of aliphatic hydroxyl groups is 1. The Morgan fingerprint density at radius 2 is 2.29 bits per heavy atom. The molecule has 0 amide bonds. The van der Waals surface area contributed by atoms with Gasteiger partial charge < -0.3 is 9.84 Å². The number of hydrogen-bond donors (Lipinski definition) is 1. The summed E-state index contributed by atoms with van der Waals surface area (Å²) in [4.78, 5) is 8.27. The zero-order chi connectivity index (χ0) is 10.6. The minimum absolute atomic E-state index is 0.0601. The monoisotopic (exact) mass is 196 g/mol. The molecule has 0 saturated heterocycles. The van der Waals surface area contributed by atoms with Crippen LogP contribution in [0.2, 0.25) is 0 Å². The molecule has 2 unspecified atom stereocenters. The molecule has 1 aromatic rings. The lowest BCUT2D eigenvalue weighted by atomic mass is 10.0. The van der Waals surface area contributed by atoms with Crippen LogP contribution in [0.25, 0.3) is 0 Å². The number of hydrogen-bond acceptors (Lipinski definition) is 4. The number of methoxy groups -OCH3 is 1. The maximum atomic E-state index is 9.62. The summed E-state index contributed by atoms with van der Waals surface area (Å²) in [6, 6.07) is 1.69. The number of rotatable bonds is 4. The highest BCUT2D eigenvalue weighted by atomic mass is 16.5. The third-order valence-electron chi connectivity index (χ3n) is 2.26. The van der Waals surface area contributed by atoms with Crippen molar-refractivity contribution in [3.63, 3.8) is 0 Å². The van der Waals surface area contributed by atoms with Crippen LogP contribution in [0.3, 0.4) is 0 Å². The summed E-state index contributed by atoms with van der Waals surface area (Å²) in [5.41, 5.74) is 0. The van der Waals surface area contributed by atoms with Gasteiger partial charge in [0.2, 0.25) is 5.88 Å². The lowest BCUT2D eigenvalue weighted by Gasteiger charge is -2.15. The minimum Gasteiger partial charge on any atom is -0.481 e. The van der Waals surface area contributed by atoms with Gasteiger partial charge in [0.1, 0.15) is 5.82 Å². The third kappa shape index (κ3) is 2.42. The third-order valence-corrected chi connectivity index (χ3v) is 2.26. The van der Waals surface area contributed by atoms with E-state index < -0.39 is 6.10 Å². The van der Waals surface area contributed by atoms with Crippen LogP contribution in [0.15, 0.2) is 12.3 Å². The van der Waals surface area contributed by atoms with E-state index in [0.717, 1.165) is 0 Å². The van der Waals surface area contributed by atoms with Gasteiger partial charge >= 0.3 is 0 Å². The molecule has 0 spiro atoms. The first kappa shape index (κ1) is 10.9. The average molecular weight is 196 g/mol. The van der Waals surface area contributed by atoms with Gasteiger partial charge in [-0.25, -0.2) is 4.98 Å². The highest BCUT2D eigenvalue weighted by Gasteiger charge is 2.17. The molecule has 0 fully saturated rings. The number of aliphatic hydroxyl groups excluding tert-OH is 1. The highest BCUT2D eigenvalue weighted by Crippen LogP contribution is 2.18. The molecule has 2 atom stereocenters. The maximum Gasteiger partial charge on any atom is 0.216 e. The summed E-state index contributed by atoms with van der Waals surface area (Å²) in [6.45, 7) is 3.84. The number of nitrogens with zero attached hydrogens (tertiary/aromatic N) is 2. The summed E-state index contributed by atoms with van der Waals surface area (Å²) < 4.78 is 4.99. The predicted molar refractivity (Wildman–Crippen MR) is 53.3 cm³/mol. The van der Waals surface area contributed by atoms with Crippen LogP contribution in [0.1, 0.15) is 32.0 Å². The van der Waals surface area contributed by atoms with Crippen LogP contribution in [0, 0.1) is 0 Å². The van der Waals surface area contributed by atoms with Gasteiger partial charge in [0.05, 0.1) is 13.2 Å². The summed E-state index contributed by atoms with van der Waals surface area (Å²) >= 11 is 0. The predicted octanol–water partition coefficient (Wildman–Crippen LogP) is 1.36. The summed E-state index contributed by atoms with van der Waals surface area (Å²) in [6.07, 6.45) is 1.93. The van der Waals surface area contributed by atoms with E-state index in [0.29, 0.717) is 18.1 Å². The largest absolute Gasteiger partial charge is 0.481 e. The van der Waals surface area contributed by atoms with Crippen LogP contribution in [-0.4, -0.2) is 28.3 Å². The van der Waals surface area contributed by atoms with Gasteiger partial charge in [0.15, 0.2) is 0 Å². The lowest BCUT2D eigenvalue weighted by Crippen LogP contribution is -2.17. The number of aromatic nitrogens is 2. The van der Waals surface area contributed by atoms with E-state index in [9.17, 15) is 5.11 Å². The van der Waals surface area contributed by atoms with E-state index in [1.165, 1.54) is 0 Å². The molecule has 1 N–H and O–H groups in total. The van der Waals surface area contributed by atoms with E-state index >= 15 is 0 Å². The molecular formula is C10H16N2O2. The second-order valence-electron chi connectivity index (χ2n) is 3.22. The van der Waals surface area contributed by atoms with Crippen LogP contribution < -0.4 is 4.74 Å². The van der Waals surface area contributed by atoms with Gasteiger partial charge in [0.25, 0.3) is 0 Å². The molecule has 0 saturated carbocycles. The molecule has 0 aliphatic rings. The zero-order valence-corrected chi connectivity index (χ0v) is 8.77. The second kappa shape index (κ2) is 4.91. The van der Waals surface area contributed by atoms with Crippen LogP contribution in [0.5, 0.6) is 5.88 Å². The molecule has 0 aliphatic carbocycles. The van der Waals surface area contributed by atoms with Gasteiger partial charge in [-0.05, 0) is 6.42 Å². The fourth-order valence-corrected chi connectivity index (χ4v) is 1.22. The fourth-order valence-electron chi connectivity index (χ4n) is 1.22. The first-order chi connectivity index (χ1) is 6.69. The molecule has 78 valence electrons. The van der Waals surface area contributed by atoms with Gasteiger partial charge in [-0.2, -0.15) is 4.98 Å². The summed E-state index contributed by atoms with van der Waals surface area (Å²) in [7, 11) is 1.56. The van der Waals surface area contributed by atoms with E-state index in [1.54, 1.807) is 19.4 Å². The fraction of sp³-hybridized carbons (Fsp3) is 0.600. The molecule has 1 aromatic heterocycles. The van der Waals surface area contributed by atoms with Crippen LogP contribution in [0.4, 0.5) is 0 Å². The molecule has 0 bridgehead atoms. The zero-order valence-electron chi connectivity index (χ0n) is 8.77. The lowest BCUT2D eigenvalue weighted by molar-refractivity contribution is 0.141. The topological polar surface area (TPSA) is 55.2 Å². The van der Waals surface area contributed by atoms with Crippen molar-refractivity contribution in [2.75, 3.05) is 7.11 Å². The Kier molecular flexibility index (Phi) is 3.83. The van der Waals surface area contributed by atoms with Crippen molar-refractivity contribution >= 4 is 0 Å². The van der Waals surface area contributed by atoms with E-state index in [2.05, 4.69) is 9.97 Å². The maximum absolute atomic E-state index is 9.62. The highest BCUT2D eigenvalue weighted by molar-refractivity contribution is 5.10. The molecule has 1 rings (SSSR count). The second-order valence-corrected chi connectivity index (χ2v) is 3.22. The molecule has 0 aromatic carbocycles. The Balaban J connectivity index is 2.83. The first-order valence-corrected chi connectivity index (χ1v) is 4.74. The average Bonchev–Trinajstić information content (AvgIpc) is 2.27. The molecule has 14 heavy (non-hydrogen) atoms. The SMILES string of the molecule is CCC(O)C(C)c1nccc(OC)n1. The van der Waals surface area contributed by atoms with E-state index in [-0.39, 0.29) is 5.92 Å². The van der Waals surface area contributed by atoms with Gasteiger partial charge in [-0.1, -0.05) is 13.8 Å². The van der Waals surface area contributed by atoms with Crippen molar-refractivity contribution in [2.24, 2.45) is 0 Å². The van der Waals surface area contributed by atoms with Crippen LogP contribution >= 0.6 is 0 Å². The van der Waals surface area contributed by atoms with Crippen molar-refractivity contribution < 1.29 is 9.84 Å². The quantitative estimate of drug-likeness (QED) is 0.790. The van der Waals surface area contributed by atoms with Gasteiger partial charge in [0, 0.05) is 18.2 Å². The van der Waals surface area contributed by atoms with Gasteiger partial charge in [-0.3, -0.25) is 0 Å². The van der Waals surface area contributed by atoms with Crippen molar-refractivity contribution in [3.05, 3.63) is 18.1 Å². The van der Waals surface area contributed by atoms with E-state index in [1.807, 2.05) is 13.8 Å². The van der Waals surface area contributed by atoms with Crippen molar-refractivity contribution in [1.82, 2.24) is 9.97 Å². The molecule has 4 nitrogen and oxygen atoms in total. The van der Waals surface area contributed by atoms with Crippen molar-refractivity contribution in [2.45, 2.75) is 32.3 Å². The van der Waals surface area contributed by atoms with Gasteiger partial charge in [-0.15, -0.1) is 0 Å². The molecule has 0 radical (unpaired) electrons. The Labute approximate surface area is 84.0 Å². The standard InChI is InChI=1S/C10H16N2O2/c1-4-8(13)7(2)10-11-6-5-9(12-10)14-3/h5-8,13H,4H2,1-3H3. The summed E-state index contributed by atoms with van der Waals surface area (Å²) in [5.74, 6) is 1.10. The Morgan fingerprint density at radius 3 is 2.86 bits per heavy atom. The first-order valence-electron chi connectivity index (χ1n) is 4.74. The van der Waals surface area contributed by atoms with Crippen molar-refractivity contribution in [1.29, 1.82) is 0 Å². The van der Waals surface area contributed by atoms with Crippen LogP contribution in [-0.2, 0) is 0 Å². The Bertz CT molecular complexity index is 291. The number of ether oxygens (including phenoxy) is 1. The normalized spacial score (nSPS) is 14.9. The summed E-state index contributed by atoms with van der Waals surface area (Å²) in [5, 5.41) is 9.62. The molecular weight excluding hydrogens is 180 g/mol.